The maximum atomic E-state index is 10.1. The number of phenols is 1. The topological polar surface area (TPSA) is 43.7 Å². The first-order valence-electron chi connectivity index (χ1n) is 8.66. The van der Waals surface area contributed by atoms with Crippen molar-refractivity contribution in [2.24, 2.45) is 0 Å². The van der Waals surface area contributed by atoms with E-state index in [1.807, 2.05) is 18.2 Å². The second-order valence-electron chi connectivity index (χ2n) is 6.77. The third-order valence-corrected chi connectivity index (χ3v) is 6.04. The molecule has 2 atom stereocenters. The molecule has 0 aliphatic heterocycles. The number of hydrogen-bond acceptors (Lipinski definition) is 3. The van der Waals surface area contributed by atoms with Crippen LogP contribution in [0.15, 0.2) is 51.4 Å². The number of nitrogens with zero attached hydrogens (tertiary/aromatic N) is 1. The summed E-state index contributed by atoms with van der Waals surface area (Å²) < 4.78 is 1.39. The fourth-order valence-corrected chi connectivity index (χ4v) is 4.83. The molecule has 0 spiro atoms. The number of hydrogen-bond donors (Lipinski definition) is 2. The summed E-state index contributed by atoms with van der Waals surface area (Å²) in [7, 11) is 0. The number of phenolic OH excluding ortho intramolecular Hbond substituents is 1. The van der Waals surface area contributed by atoms with Crippen LogP contribution in [0.3, 0.4) is 0 Å². The molecule has 6 heteroatoms. The number of aliphatic hydroxyl groups is 1. The van der Waals surface area contributed by atoms with Crippen molar-refractivity contribution in [3.8, 4) is 5.75 Å². The molecular weight excluding hydrogens is 481 g/mol. The first-order valence-corrected chi connectivity index (χ1v) is 10.2. The second-order valence-corrected chi connectivity index (χ2v) is 8.48. The van der Waals surface area contributed by atoms with Gasteiger partial charge in [0.2, 0.25) is 0 Å². The maximum absolute atomic E-state index is 10.1. The molecule has 2 aromatic rings. The van der Waals surface area contributed by atoms with E-state index >= 15 is 0 Å². The Bertz CT molecular complexity index is 691. The van der Waals surface area contributed by atoms with E-state index in [-0.39, 0.29) is 24.3 Å². The Hall–Kier alpha value is -0.590. The Morgan fingerprint density at radius 3 is 2.19 bits per heavy atom. The molecule has 1 aliphatic carbocycles. The summed E-state index contributed by atoms with van der Waals surface area (Å²) in [6.07, 6.45) is 3.72. The van der Waals surface area contributed by atoms with Crippen LogP contribution in [-0.4, -0.2) is 27.3 Å². The minimum Gasteiger partial charge on any atom is -0.506 e. The number of benzene rings is 2. The molecule has 0 aromatic heterocycles. The monoisotopic (exact) mass is 503 g/mol. The van der Waals surface area contributed by atoms with Crippen LogP contribution < -0.4 is 0 Å². The summed E-state index contributed by atoms with van der Waals surface area (Å²) in [5.41, 5.74) is 2.41. The van der Waals surface area contributed by atoms with Gasteiger partial charge in [0.05, 0.1) is 15.0 Å². The van der Waals surface area contributed by atoms with E-state index in [2.05, 4.69) is 61.0 Å². The van der Waals surface area contributed by atoms with E-state index in [4.69, 9.17) is 0 Å². The summed E-state index contributed by atoms with van der Waals surface area (Å²) in [5, 5.41) is 20.1. The Balaban J connectivity index is 0.00000243. The summed E-state index contributed by atoms with van der Waals surface area (Å²) in [6.45, 7) is 1.64. The molecule has 0 amide bonds. The average Bonchev–Trinajstić information content (AvgIpc) is 2.60. The van der Waals surface area contributed by atoms with Gasteiger partial charge in [-0.15, -0.1) is 12.4 Å². The number of rotatable bonds is 5. The van der Waals surface area contributed by atoms with Gasteiger partial charge in [-0.05, 0) is 80.8 Å². The minimum absolute atomic E-state index is 0. The summed E-state index contributed by atoms with van der Waals surface area (Å²) >= 11 is 6.84. The summed E-state index contributed by atoms with van der Waals surface area (Å²) in [6, 6.07) is 14.8. The van der Waals surface area contributed by atoms with E-state index in [1.54, 1.807) is 0 Å². The first kappa shape index (κ1) is 21.7. The third kappa shape index (κ3) is 5.70. The lowest BCUT2D eigenvalue weighted by molar-refractivity contribution is 0.0541. The molecule has 3 nitrogen and oxygen atoms in total. The highest BCUT2D eigenvalue weighted by atomic mass is 79.9. The van der Waals surface area contributed by atoms with E-state index in [0.29, 0.717) is 15.0 Å². The zero-order chi connectivity index (χ0) is 17.8. The van der Waals surface area contributed by atoms with E-state index in [9.17, 15) is 10.2 Å². The van der Waals surface area contributed by atoms with Crippen molar-refractivity contribution >= 4 is 44.3 Å². The molecule has 0 heterocycles. The first-order chi connectivity index (χ1) is 12.0. The predicted molar refractivity (Wildman–Crippen MR) is 115 cm³/mol. The van der Waals surface area contributed by atoms with Gasteiger partial charge in [-0.1, -0.05) is 30.3 Å². The van der Waals surface area contributed by atoms with Gasteiger partial charge >= 0.3 is 0 Å². The highest BCUT2D eigenvalue weighted by Gasteiger charge is 2.26. The molecule has 0 radical (unpaired) electrons. The lowest BCUT2D eigenvalue weighted by Gasteiger charge is -2.36. The number of aliphatic hydroxyl groups excluding tert-OH is 1. The largest absolute Gasteiger partial charge is 0.506 e. The van der Waals surface area contributed by atoms with Crippen LogP contribution in [0.2, 0.25) is 0 Å². The predicted octanol–water partition coefficient (Wildman–Crippen LogP) is 5.64. The van der Waals surface area contributed by atoms with Crippen LogP contribution in [0.5, 0.6) is 5.75 Å². The molecule has 1 aliphatic rings. The van der Waals surface area contributed by atoms with Gasteiger partial charge in [-0.2, -0.15) is 0 Å². The Morgan fingerprint density at radius 2 is 1.58 bits per heavy atom. The zero-order valence-electron chi connectivity index (χ0n) is 14.4. The van der Waals surface area contributed by atoms with Gasteiger partial charge in [0.25, 0.3) is 0 Å². The quantitative estimate of drug-likeness (QED) is 0.552. The molecule has 2 aromatic carbocycles. The number of aromatic hydroxyl groups is 1. The molecule has 2 N–H and O–H groups in total. The SMILES string of the molecule is Cl.Oc1c(Br)cc(CN(Cc2ccccc2)[C@H]2CCC[C@H](O)C2)cc1Br. The highest BCUT2D eigenvalue weighted by Crippen LogP contribution is 2.34. The lowest BCUT2D eigenvalue weighted by Crippen LogP contribution is -2.39. The Labute approximate surface area is 178 Å². The Morgan fingerprint density at radius 1 is 0.962 bits per heavy atom. The standard InChI is InChI=1S/C20H23Br2NO2.ClH/c21-18-9-15(10-19(22)20(18)25)13-23(12-14-5-2-1-3-6-14)16-7-4-8-17(24)11-16;/h1-3,5-6,9-10,16-17,24-25H,4,7-8,11-13H2;1H/t16-,17-;/m0./s1. The summed E-state index contributed by atoms with van der Waals surface area (Å²) in [4.78, 5) is 2.45. The molecule has 26 heavy (non-hydrogen) atoms. The fraction of sp³-hybridized carbons (Fsp3) is 0.400. The average molecular weight is 506 g/mol. The minimum atomic E-state index is -0.199. The van der Waals surface area contributed by atoms with Gasteiger partial charge in [0.15, 0.2) is 0 Å². The van der Waals surface area contributed by atoms with Crippen molar-refractivity contribution in [1.29, 1.82) is 0 Å². The van der Waals surface area contributed by atoms with Crippen molar-refractivity contribution in [3.05, 3.63) is 62.5 Å². The third-order valence-electron chi connectivity index (χ3n) is 4.83. The van der Waals surface area contributed by atoms with Gasteiger partial charge in [0, 0.05) is 19.1 Å². The zero-order valence-corrected chi connectivity index (χ0v) is 18.4. The molecule has 3 rings (SSSR count). The molecular formula is C20H24Br2ClNO2. The van der Waals surface area contributed by atoms with Crippen LogP contribution in [0.4, 0.5) is 0 Å². The van der Waals surface area contributed by atoms with Crippen molar-refractivity contribution < 1.29 is 10.2 Å². The van der Waals surface area contributed by atoms with E-state index < -0.39 is 0 Å². The second kappa shape index (κ2) is 10.1. The van der Waals surface area contributed by atoms with Crippen LogP contribution in [0.25, 0.3) is 0 Å². The smallest absolute Gasteiger partial charge is 0.143 e. The highest BCUT2D eigenvalue weighted by molar-refractivity contribution is 9.11. The van der Waals surface area contributed by atoms with Gasteiger partial charge in [0.1, 0.15) is 5.75 Å². The van der Waals surface area contributed by atoms with Crippen LogP contribution in [-0.2, 0) is 13.1 Å². The van der Waals surface area contributed by atoms with Crippen LogP contribution in [0.1, 0.15) is 36.8 Å². The van der Waals surface area contributed by atoms with E-state index in [1.165, 1.54) is 5.56 Å². The van der Waals surface area contributed by atoms with Crippen molar-refractivity contribution in [3.63, 3.8) is 0 Å². The molecule has 142 valence electrons. The van der Waals surface area contributed by atoms with Crippen molar-refractivity contribution in [2.45, 2.75) is 50.9 Å². The van der Waals surface area contributed by atoms with Crippen molar-refractivity contribution in [2.75, 3.05) is 0 Å². The molecule has 1 saturated carbocycles. The van der Waals surface area contributed by atoms with Gasteiger partial charge in [-0.25, -0.2) is 0 Å². The molecule has 0 bridgehead atoms. The molecule has 0 saturated heterocycles. The molecule has 0 unspecified atom stereocenters. The van der Waals surface area contributed by atoms with E-state index in [0.717, 1.165) is 44.3 Å². The molecule has 1 fully saturated rings. The number of halogens is 3. The Kier molecular flexibility index (Phi) is 8.42. The van der Waals surface area contributed by atoms with Crippen LogP contribution in [0, 0.1) is 0 Å². The summed E-state index contributed by atoms with van der Waals surface area (Å²) in [5.74, 6) is 0.228. The fourth-order valence-electron chi connectivity index (χ4n) is 3.55. The van der Waals surface area contributed by atoms with Gasteiger partial charge in [-0.3, -0.25) is 4.90 Å². The lowest BCUT2D eigenvalue weighted by atomic mass is 9.91. The normalized spacial score (nSPS) is 20.0. The van der Waals surface area contributed by atoms with Gasteiger partial charge < -0.3 is 10.2 Å². The maximum Gasteiger partial charge on any atom is 0.143 e. The van der Waals surface area contributed by atoms with Crippen molar-refractivity contribution in [1.82, 2.24) is 4.90 Å². The van der Waals surface area contributed by atoms with Crippen LogP contribution >= 0.6 is 44.3 Å².